The number of aromatic nitrogens is 4. The van der Waals surface area contributed by atoms with Crippen molar-refractivity contribution in [2.45, 2.75) is 38.6 Å². The maximum atomic E-state index is 13.9. The normalized spacial score (nSPS) is 14.8. The predicted octanol–water partition coefficient (Wildman–Crippen LogP) is 3.88. The molecule has 0 bridgehead atoms. The number of sulfonamides is 1. The number of likely N-dealkylation sites (tertiary alicyclic amines) is 1. The second-order valence-electron chi connectivity index (χ2n) is 10.7. The van der Waals surface area contributed by atoms with Crippen LogP contribution >= 0.6 is 0 Å². The highest BCUT2D eigenvalue weighted by Gasteiger charge is 2.28. The Morgan fingerprint density at radius 1 is 1.18 bits per heavy atom. The summed E-state index contributed by atoms with van der Waals surface area (Å²) in [5.74, 6) is 0.311. The molecule has 0 unspecified atom stereocenters. The van der Waals surface area contributed by atoms with Crippen LogP contribution in [0.3, 0.4) is 0 Å². The Labute approximate surface area is 227 Å². The molecule has 11 heteroatoms. The van der Waals surface area contributed by atoms with E-state index in [0.29, 0.717) is 59.3 Å². The lowest BCUT2D eigenvalue weighted by Crippen LogP contribution is -2.50. The molecule has 39 heavy (non-hydrogen) atoms. The summed E-state index contributed by atoms with van der Waals surface area (Å²) in [5, 5.41) is 9.09. The molecule has 2 N–H and O–H groups in total. The minimum Gasteiger partial charge on any atom is -0.352 e. The van der Waals surface area contributed by atoms with Crippen LogP contribution < -0.4 is 4.72 Å². The summed E-state index contributed by atoms with van der Waals surface area (Å²) >= 11 is 0. The zero-order valence-corrected chi connectivity index (χ0v) is 23.1. The van der Waals surface area contributed by atoms with Crippen LogP contribution in [0, 0.1) is 17.7 Å². The monoisotopic (exact) mass is 552 g/mol. The Balaban J connectivity index is 1.13. The molecule has 3 heterocycles. The molecule has 1 aliphatic heterocycles. The summed E-state index contributed by atoms with van der Waals surface area (Å²) in [7, 11) is -3.54. The molecular formula is C28H33FN6O3S. The van der Waals surface area contributed by atoms with E-state index in [1.165, 1.54) is 19.1 Å². The van der Waals surface area contributed by atoms with Crippen molar-refractivity contribution in [3.8, 4) is 11.3 Å². The SMILES string of the molecule is CC(=O)c1[nH]c2ccc(F)cc2c1-c1cn(CC2CN(CCNS(=O)(=O)c3ccc(CC(C)C)cc3)C2)nn1. The van der Waals surface area contributed by atoms with Gasteiger partial charge in [-0.1, -0.05) is 31.2 Å². The minimum absolute atomic E-state index is 0.162. The Kier molecular flexibility index (Phi) is 7.66. The fraction of sp³-hybridized carbons (Fsp3) is 0.393. The van der Waals surface area contributed by atoms with E-state index >= 15 is 0 Å². The number of hydrogen-bond donors (Lipinski definition) is 2. The molecule has 1 aliphatic rings. The minimum atomic E-state index is -3.54. The van der Waals surface area contributed by atoms with Crippen LogP contribution in [-0.4, -0.2) is 65.3 Å². The smallest absolute Gasteiger partial charge is 0.240 e. The highest BCUT2D eigenvalue weighted by Crippen LogP contribution is 2.32. The molecule has 2 aromatic heterocycles. The number of carbonyl (C=O) groups excluding carboxylic acids is 1. The van der Waals surface area contributed by atoms with E-state index in [2.05, 4.69) is 38.8 Å². The number of nitrogens with one attached hydrogen (secondary N) is 2. The Morgan fingerprint density at radius 3 is 2.62 bits per heavy atom. The van der Waals surface area contributed by atoms with Gasteiger partial charge in [0.1, 0.15) is 11.5 Å². The molecule has 0 saturated carbocycles. The van der Waals surface area contributed by atoms with Crippen LogP contribution in [0.1, 0.15) is 36.8 Å². The Bertz CT molecular complexity index is 1590. The summed E-state index contributed by atoms with van der Waals surface area (Å²) in [6.45, 7) is 8.96. The molecule has 0 atom stereocenters. The number of nitrogens with zero attached hydrogens (tertiary/aromatic N) is 4. The number of carbonyl (C=O) groups is 1. The summed E-state index contributed by atoms with van der Waals surface area (Å²) in [6, 6.07) is 11.4. The van der Waals surface area contributed by atoms with Gasteiger partial charge >= 0.3 is 0 Å². The number of Topliss-reactive ketones (excluding diaryl/α,β-unsaturated/α-hetero) is 1. The number of halogens is 1. The van der Waals surface area contributed by atoms with E-state index < -0.39 is 10.0 Å². The number of rotatable bonds is 11. The summed E-state index contributed by atoms with van der Waals surface area (Å²) in [6.07, 6.45) is 2.70. The lowest BCUT2D eigenvalue weighted by atomic mass is 10.0. The van der Waals surface area contributed by atoms with Crippen LogP contribution in [0.4, 0.5) is 4.39 Å². The van der Waals surface area contributed by atoms with Crippen molar-refractivity contribution in [2.24, 2.45) is 11.8 Å². The van der Waals surface area contributed by atoms with Crippen molar-refractivity contribution in [1.29, 1.82) is 0 Å². The second-order valence-corrected chi connectivity index (χ2v) is 12.5. The fourth-order valence-electron chi connectivity index (χ4n) is 5.13. The number of H-pyrrole nitrogens is 1. The molecule has 1 saturated heterocycles. The zero-order chi connectivity index (χ0) is 27.7. The number of hydrogen-bond acceptors (Lipinski definition) is 6. The van der Waals surface area contributed by atoms with Gasteiger partial charge in [0.05, 0.1) is 16.8 Å². The summed E-state index contributed by atoms with van der Waals surface area (Å²) < 4.78 is 43.6. The predicted molar refractivity (Wildman–Crippen MR) is 147 cm³/mol. The third kappa shape index (κ3) is 6.10. The molecule has 0 aliphatic carbocycles. The van der Waals surface area contributed by atoms with Crippen molar-refractivity contribution in [3.05, 3.63) is 65.7 Å². The third-order valence-electron chi connectivity index (χ3n) is 6.98. The van der Waals surface area contributed by atoms with Gasteiger partial charge in [-0.2, -0.15) is 0 Å². The van der Waals surface area contributed by atoms with Gasteiger partial charge in [-0.3, -0.25) is 9.48 Å². The van der Waals surface area contributed by atoms with Gasteiger partial charge in [-0.25, -0.2) is 17.5 Å². The number of benzene rings is 2. The molecule has 1 fully saturated rings. The van der Waals surface area contributed by atoms with Crippen LogP contribution in [0.25, 0.3) is 22.2 Å². The van der Waals surface area contributed by atoms with Gasteiger partial charge in [-0.15, -0.1) is 5.10 Å². The Morgan fingerprint density at radius 2 is 1.92 bits per heavy atom. The topological polar surface area (TPSA) is 113 Å². The van der Waals surface area contributed by atoms with Gasteiger partial charge in [0.25, 0.3) is 0 Å². The van der Waals surface area contributed by atoms with E-state index in [1.807, 2.05) is 12.1 Å². The highest BCUT2D eigenvalue weighted by atomic mass is 32.2. The molecule has 5 rings (SSSR count). The van der Waals surface area contributed by atoms with Gasteiger partial charge in [-0.05, 0) is 48.2 Å². The Hall–Kier alpha value is -3.41. The lowest BCUT2D eigenvalue weighted by Gasteiger charge is -2.39. The maximum Gasteiger partial charge on any atom is 0.240 e. The number of aromatic amines is 1. The van der Waals surface area contributed by atoms with E-state index in [9.17, 15) is 17.6 Å². The van der Waals surface area contributed by atoms with Crippen LogP contribution in [0.2, 0.25) is 0 Å². The zero-order valence-electron chi connectivity index (χ0n) is 22.3. The standard InChI is InChI=1S/C28H33FN6O3S/c1-18(2)12-20-4-7-23(8-5-20)39(37,38)30-10-11-34-14-21(15-34)16-35-17-26(32-33-35)27-24-13-22(29)6-9-25(24)31-28(27)19(3)36/h4-9,13,17-18,21,30-31H,10-12,14-16H2,1-3H3. The molecule has 4 aromatic rings. The van der Waals surface area contributed by atoms with E-state index in [4.69, 9.17) is 0 Å². The molecule has 0 spiro atoms. The first kappa shape index (κ1) is 27.2. The summed E-state index contributed by atoms with van der Waals surface area (Å²) in [5.41, 5.74) is 3.25. The first-order valence-electron chi connectivity index (χ1n) is 13.1. The average molecular weight is 553 g/mol. The van der Waals surface area contributed by atoms with Crippen LogP contribution in [-0.2, 0) is 23.0 Å². The fourth-order valence-corrected chi connectivity index (χ4v) is 6.15. The van der Waals surface area contributed by atoms with Crippen molar-refractivity contribution >= 4 is 26.7 Å². The first-order valence-corrected chi connectivity index (χ1v) is 14.6. The number of fused-ring (bicyclic) bond motifs is 1. The van der Waals surface area contributed by atoms with Crippen molar-refractivity contribution in [1.82, 2.24) is 29.6 Å². The molecule has 206 valence electrons. The quantitative estimate of drug-likeness (QED) is 0.273. The van der Waals surface area contributed by atoms with Gasteiger partial charge in [0, 0.05) is 62.0 Å². The van der Waals surface area contributed by atoms with Crippen LogP contribution in [0.15, 0.2) is 53.6 Å². The van der Waals surface area contributed by atoms with Crippen molar-refractivity contribution in [2.75, 3.05) is 26.2 Å². The maximum absolute atomic E-state index is 13.9. The van der Waals surface area contributed by atoms with Crippen molar-refractivity contribution in [3.63, 3.8) is 0 Å². The first-order chi connectivity index (χ1) is 18.6. The average Bonchev–Trinajstić information content (AvgIpc) is 3.46. The highest BCUT2D eigenvalue weighted by molar-refractivity contribution is 7.89. The molecule has 2 aromatic carbocycles. The van der Waals surface area contributed by atoms with E-state index in [0.717, 1.165) is 25.1 Å². The number of ketones is 1. The molecule has 0 radical (unpaired) electrons. The van der Waals surface area contributed by atoms with Gasteiger partial charge in [0.15, 0.2) is 5.78 Å². The second kappa shape index (κ2) is 11.0. The summed E-state index contributed by atoms with van der Waals surface area (Å²) in [4.78, 5) is 17.8. The lowest BCUT2D eigenvalue weighted by molar-refractivity contribution is 0.0875. The molecular weight excluding hydrogens is 519 g/mol. The van der Waals surface area contributed by atoms with Crippen LogP contribution in [0.5, 0.6) is 0 Å². The van der Waals surface area contributed by atoms with Crippen molar-refractivity contribution < 1.29 is 17.6 Å². The molecule has 9 nitrogen and oxygen atoms in total. The van der Waals surface area contributed by atoms with E-state index in [-0.39, 0.29) is 16.5 Å². The molecule has 0 amide bonds. The van der Waals surface area contributed by atoms with E-state index in [1.54, 1.807) is 29.1 Å². The van der Waals surface area contributed by atoms with Gasteiger partial charge < -0.3 is 9.88 Å². The van der Waals surface area contributed by atoms with Gasteiger partial charge in [0.2, 0.25) is 10.0 Å². The third-order valence-corrected chi connectivity index (χ3v) is 8.46. The largest absolute Gasteiger partial charge is 0.352 e.